The van der Waals surface area contributed by atoms with Crippen LogP contribution in [0.3, 0.4) is 0 Å². The first-order valence-electron chi connectivity index (χ1n) is 5.72. The monoisotopic (exact) mass is 243 g/mol. The Morgan fingerprint density at radius 3 is 2.28 bits per heavy atom. The predicted octanol–water partition coefficient (Wildman–Crippen LogP) is 3.10. The molecule has 0 saturated heterocycles. The Morgan fingerprint density at radius 2 is 1.67 bits per heavy atom. The Labute approximate surface area is 106 Å². The highest BCUT2D eigenvalue weighted by Crippen LogP contribution is 2.09. The maximum Gasteiger partial charge on any atom is 0.253 e. The summed E-state index contributed by atoms with van der Waals surface area (Å²) >= 11 is 0. The summed E-state index contributed by atoms with van der Waals surface area (Å²) < 4.78 is 12.8. The number of rotatable bonds is 3. The fourth-order valence-corrected chi connectivity index (χ4v) is 1.74. The second-order valence-electron chi connectivity index (χ2n) is 4.15. The van der Waals surface area contributed by atoms with Gasteiger partial charge in [-0.25, -0.2) is 4.39 Å². The molecule has 0 atom stereocenters. The number of halogens is 1. The molecule has 2 aromatic rings. The fraction of sp³-hybridized carbons (Fsp3) is 0.133. The number of hydrogen-bond donors (Lipinski definition) is 0. The maximum atomic E-state index is 12.8. The summed E-state index contributed by atoms with van der Waals surface area (Å²) in [4.78, 5) is 13.7. The van der Waals surface area contributed by atoms with Crippen molar-refractivity contribution in [3.63, 3.8) is 0 Å². The van der Waals surface area contributed by atoms with Crippen molar-refractivity contribution in [2.45, 2.75) is 6.54 Å². The molecule has 0 fully saturated rings. The molecule has 0 radical (unpaired) electrons. The van der Waals surface area contributed by atoms with E-state index in [0.29, 0.717) is 12.1 Å². The van der Waals surface area contributed by atoms with E-state index >= 15 is 0 Å². The minimum atomic E-state index is -0.336. The van der Waals surface area contributed by atoms with Crippen molar-refractivity contribution in [3.05, 3.63) is 71.5 Å². The van der Waals surface area contributed by atoms with E-state index in [1.807, 2.05) is 30.3 Å². The van der Waals surface area contributed by atoms with Crippen LogP contribution < -0.4 is 0 Å². The molecule has 0 aliphatic carbocycles. The SMILES string of the molecule is CN(Cc1ccccc1)C(=O)c1ccc(F)cc1. The van der Waals surface area contributed by atoms with Crippen LogP contribution in [0.4, 0.5) is 4.39 Å². The smallest absolute Gasteiger partial charge is 0.253 e. The molecule has 0 N–H and O–H groups in total. The molecule has 0 aliphatic heterocycles. The summed E-state index contributed by atoms with van der Waals surface area (Å²) in [6.45, 7) is 0.539. The number of hydrogen-bond acceptors (Lipinski definition) is 1. The molecule has 92 valence electrons. The minimum Gasteiger partial charge on any atom is -0.337 e. The van der Waals surface area contributed by atoms with Gasteiger partial charge in [-0.3, -0.25) is 4.79 Å². The van der Waals surface area contributed by atoms with Crippen LogP contribution in [0.1, 0.15) is 15.9 Å². The first-order chi connectivity index (χ1) is 8.66. The summed E-state index contributed by atoms with van der Waals surface area (Å²) in [5.74, 6) is -0.448. The normalized spacial score (nSPS) is 10.1. The highest BCUT2D eigenvalue weighted by molar-refractivity contribution is 5.93. The lowest BCUT2D eigenvalue weighted by Gasteiger charge is -2.17. The third-order valence-corrected chi connectivity index (χ3v) is 2.70. The second-order valence-corrected chi connectivity index (χ2v) is 4.15. The van der Waals surface area contributed by atoms with Gasteiger partial charge in [-0.15, -0.1) is 0 Å². The molecule has 2 aromatic carbocycles. The van der Waals surface area contributed by atoms with E-state index < -0.39 is 0 Å². The van der Waals surface area contributed by atoms with Crippen molar-refractivity contribution < 1.29 is 9.18 Å². The zero-order valence-corrected chi connectivity index (χ0v) is 10.1. The van der Waals surface area contributed by atoms with Gasteiger partial charge in [0.15, 0.2) is 0 Å². The molecule has 0 aliphatic rings. The van der Waals surface area contributed by atoms with Gasteiger partial charge in [0.1, 0.15) is 5.82 Å². The average Bonchev–Trinajstić information content (AvgIpc) is 2.40. The van der Waals surface area contributed by atoms with Gasteiger partial charge in [0.2, 0.25) is 0 Å². The van der Waals surface area contributed by atoms with E-state index in [4.69, 9.17) is 0 Å². The second kappa shape index (κ2) is 5.45. The van der Waals surface area contributed by atoms with Gasteiger partial charge in [0, 0.05) is 19.2 Å². The van der Waals surface area contributed by atoms with Crippen LogP contribution in [0, 0.1) is 5.82 Å². The van der Waals surface area contributed by atoms with Crippen LogP contribution in [0.5, 0.6) is 0 Å². The highest BCUT2D eigenvalue weighted by Gasteiger charge is 2.11. The number of amides is 1. The van der Waals surface area contributed by atoms with Crippen molar-refractivity contribution in [1.29, 1.82) is 0 Å². The summed E-state index contributed by atoms with van der Waals surface area (Å²) in [6, 6.07) is 15.3. The van der Waals surface area contributed by atoms with Gasteiger partial charge in [0.05, 0.1) is 0 Å². The number of benzene rings is 2. The fourth-order valence-electron chi connectivity index (χ4n) is 1.74. The van der Waals surface area contributed by atoms with E-state index in [1.54, 1.807) is 11.9 Å². The largest absolute Gasteiger partial charge is 0.337 e. The Morgan fingerprint density at radius 1 is 1.06 bits per heavy atom. The Bertz CT molecular complexity index is 522. The van der Waals surface area contributed by atoms with Gasteiger partial charge in [-0.1, -0.05) is 30.3 Å². The van der Waals surface area contributed by atoms with Gasteiger partial charge < -0.3 is 4.90 Å². The van der Waals surface area contributed by atoms with Crippen LogP contribution in [-0.2, 0) is 6.54 Å². The number of carbonyl (C=O) groups is 1. The lowest BCUT2D eigenvalue weighted by molar-refractivity contribution is 0.0785. The van der Waals surface area contributed by atoms with Crippen molar-refractivity contribution >= 4 is 5.91 Å². The summed E-state index contributed by atoms with van der Waals surface area (Å²) in [5, 5.41) is 0. The molecule has 0 unspecified atom stereocenters. The standard InChI is InChI=1S/C15H14FNO/c1-17(11-12-5-3-2-4-6-12)15(18)13-7-9-14(16)10-8-13/h2-10H,11H2,1H3. The van der Waals surface area contributed by atoms with Gasteiger partial charge in [-0.2, -0.15) is 0 Å². The molecule has 18 heavy (non-hydrogen) atoms. The minimum absolute atomic E-state index is 0.112. The van der Waals surface area contributed by atoms with Crippen LogP contribution in [0.25, 0.3) is 0 Å². The third-order valence-electron chi connectivity index (χ3n) is 2.70. The molecule has 0 aromatic heterocycles. The van der Waals surface area contributed by atoms with Crippen LogP contribution >= 0.6 is 0 Å². The van der Waals surface area contributed by atoms with Crippen LogP contribution in [0.2, 0.25) is 0 Å². The molecule has 1 amide bonds. The van der Waals surface area contributed by atoms with Crippen molar-refractivity contribution in [2.24, 2.45) is 0 Å². The van der Waals surface area contributed by atoms with Crippen LogP contribution in [0.15, 0.2) is 54.6 Å². The van der Waals surface area contributed by atoms with Crippen molar-refractivity contribution in [2.75, 3.05) is 7.05 Å². The first-order valence-corrected chi connectivity index (χ1v) is 5.72. The van der Waals surface area contributed by atoms with E-state index in [0.717, 1.165) is 5.56 Å². The topological polar surface area (TPSA) is 20.3 Å². The molecule has 0 saturated carbocycles. The lowest BCUT2D eigenvalue weighted by Crippen LogP contribution is -2.26. The molecular formula is C15H14FNO. The van der Waals surface area contributed by atoms with Crippen LogP contribution in [-0.4, -0.2) is 17.9 Å². The zero-order valence-electron chi connectivity index (χ0n) is 10.1. The third kappa shape index (κ3) is 2.94. The highest BCUT2D eigenvalue weighted by atomic mass is 19.1. The van der Waals surface area contributed by atoms with E-state index in [9.17, 15) is 9.18 Å². The Hall–Kier alpha value is -2.16. The first kappa shape index (κ1) is 12.3. The Kier molecular flexibility index (Phi) is 3.72. The molecular weight excluding hydrogens is 229 g/mol. The number of carbonyl (C=O) groups excluding carboxylic acids is 1. The van der Waals surface area contributed by atoms with E-state index in [2.05, 4.69) is 0 Å². The van der Waals surface area contributed by atoms with E-state index in [-0.39, 0.29) is 11.7 Å². The summed E-state index contributed by atoms with van der Waals surface area (Å²) in [6.07, 6.45) is 0. The molecule has 2 rings (SSSR count). The zero-order chi connectivity index (χ0) is 13.0. The summed E-state index contributed by atoms with van der Waals surface area (Å²) in [7, 11) is 1.73. The quantitative estimate of drug-likeness (QED) is 0.811. The predicted molar refractivity (Wildman–Crippen MR) is 68.6 cm³/mol. The maximum absolute atomic E-state index is 12.8. The molecule has 3 heteroatoms. The average molecular weight is 243 g/mol. The van der Waals surface area contributed by atoms with Gasteiger partial charge in [0.25, 0.3) is 5.91 Å². The molecule has 0 bridgehead atoms. The van der Waals surface area contributed by atoms with Crippen molar-refractivity contribution in [3.8, 4) is 0 Å². The van der Waals surface area contributed by atoms with E-state index in [1.165, 1.54) is 24.3 Å². The summed E-state index contributed by atoms with van der Waals surface area (Å²) in [5.41, 5.74) is 1.56. The Balaban J connectivity index is 2.07. The lowest BCUT2D eigenvalue weighted by atomic mass is 10.1. The molecule has 0 spiro atoms. The number of nitrogens with zero attached hydrogens (tertiary/aromatic N) is 1. The van der Waals surface area contributed by atoms with Gasteiger partial charge >= 0.3 is 0 Å². The molecule has 0 heterocycles. The van der Waals surface area contributed by atoms with Gasteiger partial charge in [-0.05, 0) is 29.8 Å². The molecule has 2 nitrogen and oxygen atoms in total. The van der Waals surface area contributed by atoms with Crippen molar-refractivity contribution in [1.82, 2.24) is 4.90 Å².